The van der Waals surface area contributed by atoms with Gasteiger partial charge in [0.15, 0.2) is 6.10 Å². The highest BCUT2D eigenvalue weighted by Crippen LogP contribution is 2.13. The molecule has 1 amide bonds. The van der Waals surface area contributed by atoms with E-state index in [1.54, 1.807) is 13.0 Å². The van der Waals surface area contributed by atoms with E-state index < -0.39 is 12.1 Å². The van der Waals surface area contributed by atoms with Crippen LogP contribution in [0.4, 0.5) is 5.69 Å². The Kier molecular flexibility index (Phi) is 5.74. The number of carbonyl (C=O) groups is 2. The van der Waals surface area contributed by atoms with Gasteiger partial charge in [0, 0.05) is 5.69 Å². The minimum atomic E-state index is -0.843. The van der Waals surface area contributed by atoms with Crippen LogP contribution in [-0.2, 0) is 20.7 Å². The summed E-state index contributed by atoms with van der Waals surface area (Å²) < 4.78 is 5.24. The molecular formula is C20H23NO3. The monoisotopic (exact) mass is 325 g/mol. The number of nitrogens with one attached hydrogen (secondary N) is 1. The van der Waals surface area contributed by atoms with Crippen LogP contribution in [0.2, 0.25) is 0 Å². The van der Waals surface area contributed by atoms with Crippen LogP contribution in [0.5, 0.6) is 0 Å². The molecule has 24 heavy (non-hydrogen) atoms. The fourth-order valence-electron chi connectivity index (χ4n) is 2.34. The van der Waals surface area contributed by atoms with Gasteiger partial charge in [-0.3, -0.25) is 9.59 Å². The standard InChI is InChI=1S/C20H23NO3/c1-13-6-5-7-18(10-13)21-20(23)16(4)24-19(22)12-17-9-8-14(2)15(3)11-17/h5-11,16H,12H2,1-4H3,(H,21,23)/t16-/m0/s1. The maximum Gasteiger partial charge on any atom is 0.311 e. The van der Waals surface area contributed by atoms with Crippen molar-refractivity contribution in [1.82, 2.24) is 0 Å². The van der Waals surface area contributed by atoms with Crippen molar-refractivity contribution in [2.45, 2.75) is 40.2 Å². The van der Waals surface area contributed by atoms with Crippen molar-refractivity contribution in [3.8, 4) is 0 Å². The normalized spacial score (nSPS) is 11.7. The van der Waals surface area contributed by atoms with E-state index in [0.29, 0.717) is 5.69 Å². The molecule has 0 radical (unpaired) electrons. The minimum Gasteiger partial charge on any atom is -0.452 e. The van der Waals surface area contributed by atoms with E-state index in [1.807, 2.05) is 57.2 Å². The number of anilines is 1. The third kappa shape index (κ3) is 4.95. The molecule has 0 heterocycles. The lowest BCUT2D eigenvalue weighted by Gasteiger charge is -2.14. The van der Waals surface area contributed by atoms with Gasteiger partial charge in [0.25, 0.3) is 5.91 Å². The number of hydrogen-bond donors (Lipinski definition) is 1. The lowest BCUT2D eigenvalue weighted by Crippen LogP contribution is -2.30. The Morgan fingerprint density at radius 3 is 2.46 bits per heavy atom. The van der Waals surface area contributed by atoms with Crippen molar-refractivity contribution >= 4 is 17.6 Å². The number of aryl methyl sites for hydroxylation is 3. The van der Waals surface area contributed by atoms with Gasteiger partial charge in [-0.1, -0.05) is 30.3 Å². The zero-order valence-corrected chi connectivity index (χ0v) is 14.6. The van der Waals surface area contributed by atoms with E-state index in [-0.39, 0.29) is 12.3 Å². The molecule has 0 saturated heterocycles. The molecule has 0 aliphatic rings. The van der Waals surface area contributed by atoms with Gasteiger partial charge in [0.2, 0.25) is 0 Å². The second-order valence-electron chi connectivity index (χ2n) is 6.09. The van der Waals surface area contributed by atoms with Crippen molar-refractivity contribution < 1.29 is 14.3 Å². The Morgan fingerprint density at radius 1 is 1.04 bits per heavy atom. The third-order valence-corrected chi connectivity index (χ3v) is 3.88. The molecule has 1 N–H and O–H groups in total. The third-order valence-electron chi connectivity index (χ3n) is 3.88. The first-order chi connectivity index (χ1) is 11.3. The molecule has 1 atom stereocenters. The molecule has 0 fully saturated rings. The zero-order valence-electron chi connectivity index (χ0n) is 14.6. The van der Waals surface area contributed by atoms with Crippen LogP contribution in [-0.4, -0.2) is 18.0 Å². The summed E-state index contributed by atoms with van der Waals surface area (Å²) in [7, 11) is 0. The highest BCUT2D eigenvalue weighted by Gasteiger charge is 2.18. The Labute approximate surface area is 142 Å². The van der Waals surface area contributed by atoms with Crippen molar-refractivity contribution in [3.63, 3.8) is 0 Å². The van der Waals surface area contributed by atoms with E-state index in [1.165, 1.54) is 5.56 Å². The summed E-state index contributed by atoms with van der Waals surface area (Å²) in [5, 5.41) is 2.75. The van der Waals surface area contributed by atoms with E-state index in [9.17, 15) is 9.59 Å². The van der Waals surface area contributed by atoms with Gasteiger partial charge in [-0.2, -0.15) is 0 Å². The Balaban J connectivity index is 1.90. The number of benzene rings is 2. The van der Waals surface area contributed by atoms with Crippen LogP contribution in [0.15, 0.2) is 42.5 Å². The van der Waals surface area contributed by atoms with Crippen molar-refractivity contribution in [2.24, 2.45) is 0 Å². The minimum absolute atomic E-state index is 0.156. The number of rotatable bonds is 5. The topological polar surface area (TPSA) is 55.4 Å². The lowest BCUT2D eigenvalue weighted by atomic mass is 10.0. The maximum absolute atomic E-state index is 12.1. The van der Waals surface area contributed by atoms with Gasteiger partial charge in [-0.15, -0.1) is 0 Å². The zero-order chi connectivity index (χ0) is 17.7. The lowest BCUT2D eigenvalue weighted by molar-refractivity contribution is -0.152. The summed E-state index contributed by atoms with van der Waals surface area (Å²) in [6.07, 6.45) is -0.687. The highest BCUT2D eigenvalue weighted by molar-refractivity contribution is 5.95. The number of amides is 1. The summed E-state index contributed by atoms with van der Waals surface area (Å²) in [5.74, 6) is -0.751. The first kappa shape index (κ1) is 17.7. The molecule has 126 valence electrons. The molecule has 0 aromatic heterocycles. The number of hydrogen-bond acceptors (Lipinski definition) is 3. The quantitative estimate of drug-likeness (QED) is 0.852. The van der Waals surface area contributed by atoms with Crippen LogP contribution >= 0.6 is 0 Å². The van der Waals surface area contributed by atoms with Crippen molar-refractivity contribution in [1.29, 1.82) is 0 Å². The Hall–Kier alpha value is -2.62. The Morgan fingerprint density at radius 2 is 1.79 bits per heavy atom. The summed E-state index contributed by atoms with van der Waals surface area (Å²) in [6.45, 7) is 7.54. The average Bonchev–Trinajstić information content (AvgIpc) is 2.50. The largest absolute Gasteiger partial charge is 0.452 e. The van der Waals surface area contributed by atoms with Crippen LogP contribution in [0, 0.1) is 20.8 Å². The van der Waals surface area contributed by atoms with Gasteiger partial charge in [-0.05, 0) is 62.1 Å². The first-order valence-electron chi connectivity index (χ1n) is 7.98. The molecule has 2 rings (SSSR count). The predicted octanol–water partition coefficient (Wildman–Crippen LogP) is 3.72. The molecule has 0 saturated carbocycles. The molecule has 0 spiro atoms. The highest BCUT2D eigenvalue weighted by atomic mass is 16.5. The van der Waals surface area contributed by atoms with Gasteiger partial charge < -0.3 is 10.1 Å². The van der Waals surface area contributed by atoms with Gasteiger partial charge in [0.1, 0.15) is 0 Å². The van der Waals surface area contributed by atoms with E-state index in [4.69, 9.17) is 4.74 Å². The molecule has 2 aromatic carbocycles. The molecule has 0 bridgehead atoms. The molecule has 0 unspecified atom stereocenters. The van der Waals surface area contributed by atoms with Crippen LogP contribution < -0.4 is 5.32 Å². The maximum atomic E-state index is 12.1. The van der Waals surface area contributed by atoms with Gasteiger partial charge >= 0.3 is 5.97 Å². The average molecular weight is 325 g/mol. The van der Waals surface area contributed by atoms with E-state index in [2.05, 4.69) is 5.32 Å². The SMILES string of the molecule is Cc1cccc(NC(=O)[C@H](C)OC(=O)Cc2ccc(C)c(C)c2)c1. The molecule has 4 nitrogen and oxygen atoms in total. The fourth-order valence-corrected chi connectivity index (χ4v) is 2.34. The number of esters is 1. The second-order valence-corrected chi connectivity index (χ2v) is 6.09. The fraction of sp³-hybridized carbons (Fsp3) is 0.300. The van der Waals surface area contributed by atoms with Crippen molar-refractivity contribution in [3.05, 3.63) is 64.7 Å². The first-order valence-corrected chi connectivity index (χ1v) is 7.98. The van der Waals surface area contributed by atoms with Crippen LogP contribution in [0.25, 0.3) is 0 Å². The van der Waals surface area contributed by atoms with Gasteiger partial charge in [0.05, 0.1) is 6.42 Å². The molecule has 2 aromatic rings. The number of carbonyl (C=O) groups excluding carboxylic acids is 2. The summed E-state index contributed by atoms with van der Waals surface area (Å²) in [4.78, 5) is 24.1. The van der Waals surface area contributed by atoms with E-state index >= 15 is 0 Å². The van der Waals surface area contributed by atoms with Crippen LogP contribution in [0.3, 0.4) is 0 Å². The summed E-state index contributed by atoms with van der Waals surface area (Å²) in [5.41, 5.74) is 4.93. The molecule has 0 aliphatic carbocycles. The van der Waals surface area contributed by atoms with Crippen molar-refractivity contribution in [2.75, 3.05) is 5.32 Å². The molecule has 4 heteroatoms. The molecular weight excluding hydrogens is 302 g/mol. The smallest absolute Gasteiger partial charge is 0.311 e. The second kappa shape index (κ2) is 7.77. The van der Waals surface area contributed by atoms with E-state index in [0.717, 1.165) is 16.7 Å². The summed E-state index contributed by atoms with van der Waals surface area (Å²) in [6, 6.07) is 13.3. The van der Waals surface area contributed by atoms with Crippen LogP contribution in [0.1, 0.15) is 29.2 Å². The van der Waals surface area contributed by atoms with Gasteiger partial charge in [-0.25, -0.2) is 0 Å². The summed E-state index contributed by atoms with van der Waals surface area (Å²) >= 11 is 0. The molecule has 0 aliphatic heterocycles. The predicted molar refractivity (Wildman–Crippen MR) is 95.0 cm³/mol. The Bertz CT molecular complexity index is 752. The number of ether oxygens (including phenoxy) is 1.